The third-order valence-corrected chi connectivity index (χ3v) is 3.75. The van der Waals surface area contributed by atoms with E-state index in [4.69, 9.17) is 4.74 Å². The smallest absolute Gasteiger partial charge is 0.310 e. The van der Waals surface area contributed by atoms with Gasteiger partial charge in [0.1, 0.15) is 5.75 Å². The van der Waals surface area contributed by atoms with E-state index in [1.165, 1.54) is 24.4 Å². The van der Waals surface area contributed by atoms with E-state index in [0.717, 1.165) is 10.8 Å². The first kappa shape index (κ1) is 17.9. The van der Waals surface area contributed by atoms with Gasteiger partial charge in [0.25, 0.3) is 5.91 Å². The Bertz CT molecular complexity index is 1030. The molecule has 1 amide bonds. The Morgan fingerprint density at radius 1 is 1.15 bits per heavy atom. The van der Waals surface area contributed by atoms with E-state index in [9.17, 15) is 20.0 Å². The van der Waals surface area contributed by atoms with E-state index in [1.54, 1.807) is 18.2 Å². The molecule has 8 heteroatoms. The van der Waals surface area contributed by atoms with Crippen LogP contribution in [0.4, 0.5) is 5.69 Å². The number of hydrogen-bond acceptors (Lipinski definition) is 6. The monoisotopic (exact) mass is 365 g/mol. The molecule has 0 unspecified atom stereocenters. The number of carbonyl (C=O) groups is 1. The molecular weight excluding hydrogens is 350 g/mol. The predicted octanol–water partition coefficient (Wildman–Crippen LogP) is 2.98. The van der Waals surface area contributed by atoms with Gasteiger partial charge in [0, 0.05) is 11.6 Å². The molecule has 0 saturated heterocycles. The van der Waals surface area contributed by atoms with E-state index >= 15 is 0 Å². The molecule has 2 N–H and O–H groups in total. The Morgan fingerprint density at radius 2 is 1.89 bits per heavy atom. The number of para-hydroxylation sites is 2. The standard InChI is InChI=1S/C19H15N3O5/c23-17-10-9-13-5-1-2-6-14(13)15(17)11-20-21-19(24)12-27-18-8-4-3-7-16(18)22(25)26/h1-11,23H,12H2,(H,21,24). The minimum Gasteiger partial charge on any atom is -0.507 e. The van der Waals surface area contributed by atoms with Crippen LogP contribution in [0.25, 0.3) is 10.8 Å². The van der Waals surface area contributed by atoms with Crippen molar-refractivity contribution < 1.29 is 19.6 Å². The summed E-state index contributed by atoms with van der Waals surface area (Å²) in [6.07, 6.45) is 1.33. The molecule has 0 spiro atoms. The van der Waals surface area contributed by atoms with Gasteiger partial charge in [-0.3, -0.25) is 14.9 Å². The maximum Gasteiger partial charge on any atom is 0.310 e. The van der Waals surface area contributed by atoms with Crippen LogP contribution in [0.1, 0.15) is 5.56 Å². The largest absolute Gasteiger partial charge is 0.507 e. The molecule has 0 aliphatic heterocycles. The second-order valence-corrected chi connectivity index (χ2v) is 5.53. The first-order valence-electron chi connectivity index (χ1n) is 7.95. The molecule has 0 aliphatic carbocycles. The molecule has 0 radical (unpaired) electrons. The molecule has 136 valence electrons. The number of aromatic hydroxyl groups is 1. The molecular formula is C19H15N3O5. The quantitative estimate of drug-likeness (QED) is 0.396. The number of ether oxygens (including phenoxy) is 1. The molecule has 27 heavy (non-hydrogen) atoms. The van der Waals surface area contributed by atoms with E-state index < -0.39 is 17.4 Å². The third kappa shape index (κ3) is 4.18. The summed E-state index contributed by atoms with van der Waals surface area (Å²) in [6, 6.07) is 16.5. The fourth-order valence-corrected chi connectivity index (χ4v) is 2.49. The molecule has 0 aliphatic rings. The SMILES string of the molecule is O=C(COc1ccccc1[N+](=O)[O-])NN=Cc1c(O)ccc2ccccc12. The van der Waals surface area contributed by atoms with Gasteiger partial charge in [-0.25, -0.2) is 5.43 Å². The molecule has 0 fully saturated rings. The Kier molecular flexibility index (Phi) is 5.27. The molecule has 0 bridgehead atoms. The molecule has 3 rings (SSSR count). The molecule has 8 nitrogen and oxygen atoms in total. The van der Waals surface area contributed by atoms with Gasteiger partial charge in [0.05, 0.1) is 11.1 Å². The Hall–Kier alpha value is -3.94. The maximum atomic E-state index is 11.9. The molecule has 3 aromatic carbocycles. The highest BCUT2D eigenvalue weighted by Crippen LogP contribution is 2.26. The highest BCUT2D eigenvalue weighted by atomic mass is 16.6. The van der Waals surface area contributed by atoms with Gasteiger partial charge in [-0.1, -0.05) is 42.5 Å². The number of rotatable bonds is 6. The van der Waals surface area contributed by atoms with Crippen molar-refractivity contribution in [1.29, 1.82) is 0 Å². The fraction of sp³-hybridized carbons (Fsp3) is 0.0526. The lowest BCUT2D eigenvalue weighted by atomic mass is 10.0. The molecule has 0 atom stereocenters. The van der Waals surface area contributed by atoms with Crippen LogP contribution in [0.5, 0.6) is 11.5 Å². The summed E-state index contributed by atoms with van der Waals surface area (Å²) in [6.45, 7) is -0.441. The van der Waals surface area contributed by atoms with Crippen molar-refractivity contribution in [2.75, 3.05) is 6.61 Å². The highest BCUT2D eigenvalue weighted by Gasteiger charge is 2.14. The number of nitrogens with one attached hydrogen (secondary N) is 1. The molecule has 0 aromatic heterocycles. The lowest BCUT2D eigenvalue weighted by molar-refractivity contribution is -0.385. The van der Waals surface area contributed by atoms with Crippen LogP contribution < -0.4 is 10.2 Å². The minimum atomic E-state index is -0.593. The highest BCUT2D eigenvalue weighted by molar-refractivity contribution is 6.02. The number of nitrogens with zero attached hydrogens (tertiary/aromatic N) is 2. The summed E-state index contributed by atoms with van der Waals surface area (Å²) >= 11 is 0. The Morgan fingerprint density at radius 3 is 2.70 bits per heavy atom. The topological polar surface area (TPSA) is 114 Å². The van der Waals surface area contributed by atoms with Gasteiger partial charge < -0.3 is 9.84 Å². The van der Waals surface area contributed by atoms with Crippen molar-refractivity contribution in [2.45, 2.75) is 0 Å². The van der Waals surface area contributed by atoms with Crippen LogP contribution in [0, 0.1) is 10.1 Å². The van der Waals surface area contributed by atoms with Crippen molar-refractivity contribution in [3.63, 3.8) is 0 Å². The van der Waals surface area contributed by atoms with Crippen LogP contribution in [-0.4, -0.2) is 28.8 Å². The number of fused-ring (bicyclic) bond motifs is 1. The number of carbonyl (C=O) groups excluding carboxylic acids is 1. The lowest BCUT2D eigenvalue weighted by Gasteiger charge is -2.06. The van der Waals surface area contributed by atoms with E-state index in [2.05, 4.69) is 10.5 Å². The van der Waals surface area contributed by atoms with E-state index in [0.29, 0.717) is 5.56 Å². The fourth-order valence-electron chi connectivity index (χ4n) is 2.49. The lowest BCUT2D eigenvalue weighted by Crippen LogP contribution is -2.24. The van der Waals surface area contributed by atoms with Gasteiger partial charge in [-0.2, -0.15) is 5.10 Å². The van der Waals surface area contributed by atoms with Crippen molar-refractivity contribution in [2.24, 2.45) is 5.10 Å². The van der Waals surface area contributed by atoms with Gasteiger partial charge in [-0.15, -0.1) is 0 Å². The summed E-state index contributed by atoms with van der Waals surface area (Å²) < 4.78 is 5.18. The molecule has 3 aromatic rings. The van der Waals surface area contributed by atoms with Crippen molar-refractivity contribution in [1.82, 2.24) is 5.43 Å². The average molecular weight is 365 g/mol. The second kappa shape index (κ2) is 7.96. The molecule has 0 saturated carbocycles. The summed E-state index contributed by atoms with van der Waals surface area (Å²) in [4.78, 5) is 22.2. The summed E-state index contributed by atoms with van der Waals surface area (Å²) in [5.74, 6) is -0.569. The number of amides is 1. The average Bonchev–Trinajstić information content (AvgIpc) is 2.68. The Balaban J connectivity index is 1.65. The number of nitro benzene ring substituents is 1. The minimum absolute atomic E-state index is 0.00618. The number of nitro groups is 1. The normalized spacial score (nSPS) is 10.8. The summed E-state index contributed by atoms with van der Waals surface area (Å²) in [7, 11) is 0. The summed E-state index contributed by atoms with van der Waals surface area (Å²) in [5.41, 5.74) is 2.50. The van der Waals surface area contributed by atoms with Crippen LogP contribution in [0.2, 0.25) is 0 Å². The third-order valence-electron chi connectivity index (χ3n) is 3.75. The maximum absolute atomic E-state index is 11.9. The zero-order valence-corrected chi connectivity index (χ0v) is 14.0. The summed E-state index contributed by atoms with van der Waals surface area (Å²) in [5, 5.41) is 26.5. The first-order valence-corrected chi connectivity index (χ1v) is 7.95. The van der Waals surface area contributed by atoms with E-state index in [1.807, 2.05) is 24.3 Å². The number of hydrogen-bond donors (Lipinski definition) is 2. The van der Waals surface area contributed by atoms with Crippen LogP contribution >= 0.6 is 0 Å². The Labute approximate surface area is 153 Å². The van der Waals surface area contributed by atoms with Crippen molar-refractivity contribution in [3.05, 3.63) is 76.3 Å². The van der Waals surface area contributed by atoms with Gasteiger partial charge in [0.2, 0.25) is 0 Å². The van der Waals surface area contributed by atoms with Crippen LogP contribution in [0.3, 0.4) is 0 Å². The number of benzene rings is 3. The molecule has 0 heterocycles. The second-order valence-electron chi connectivity index (χ2n) is 5.53. The van der Waals surface area contributed by atoms with Gasteiger partial charge in [-0.05, 0) is 22.9 Å². The van der Waals surface area contributed by atoms with Crippen molar-refractivity contribution in [3.8, 4) is 11.5 Å². The van der Waals surface area contributed by atoms with Crippen LogP contribution in [0.15, 0.2) is 65.8 Å². The number of hydrazone groups is 1. The van der Waals surface area contributed by atoms with Gasteiger partial charge in [0.15, 0.2) is 12.4 Å². The zero-order valence-electron chi connectivity index (χ0n) is 14.0. The predicted molar refractivity (Wildman–Crippen MR) is 99.9 cm³/mol. The van der Waals surface area contributed by atoms with Crippen molar-refractivity contribution >= 4 is 28.6 Å². The zero-order chi connectivity index (χ0) is 19.2. The van der Waals surface area contributed by atoms with E-state index in [-0.39, 0.29) is 17.2 Å². The number of phenolic OH excluding ortho intramolecular Hbond substituents is 1. The first-order chi connectivity index (χ1) is 13.1. The van der Waals surface area contributed by atoms with Gasteiger partial charge >= 0.3 is 5.69 Å². The van der Waals surface area contributed by atoms with Crippen LogP contribution in [-0.2, 0) is 4.79 Å². The number of phenols is 1.